The standard InChI is InChI=1S/C11H20N2O5/c1-11(2,3)8(12)9(16)13-6(10(17)18)4-5-7(14)15/h6,8H,4-5,12H2,1-3H3,(H,13,16)(H,14,15)(H,17,18)/t6-,8?/m0/s1. The normalized spacial score (nSPS) is 14.7. The predicted octanol–water partition coefficient (Wildman–Crippen LogP) is -0.206. The Morgan fingerprint density at radius 2 is 1.72 bits per heavy atom. The number of carbonyl (C=O) groups is 3. The van der Waals surface area contributed by atoms with Gasteiger partial charge in [-0.05, 0) is 11.8 Å². The Balaban J connectivity index is 4.55. The van der Waals surface area contributed by atoms with Crippen molar-refractivity contribution in [3.8, 4) is 0 Å². The van der Waals surface area contributed by atoms with Crippen LogP contribution in [0, 0.1) is 5.41 Å². The van der Waals surface area contributed by atoms with Gasteiger partial charge in [-0.2, -0.15) is 0 Å². The van der Waals surface area contributed by atoms with Crippen LogP contribution in [0.2, 0.25) is 0 Å². The van der Waals surface area contributed by atoms with Gasteiger partial charge in [0.05, 0.1) is 6.04 Å². The number of nitrogens with two attached hydrogens (primary N) is 1. The minimum Gasteiger partial charge on any atom is -0.481 e. The maximum absolute atomic E-state index is 11.7. The molecule has 5 N–H and O–H groups in total. The molecule has 0 aromatic carbocycles. The lowest BCUT2D eigenvalue weighted by molar-refractivity contribution is -0.143. The van der Waals surface area contributed by atoms with Gasteiger partial charge in [-0.1, -0.05) is 20.8 Å². The first-order valence-corrected chi connectivity index (χ1v) is 5.56. The van der Waals surface area contributed by atoms with Crippen molar-refractivity contribution in [1.29, 1.82) is 0 Å². The second-order valence-corrected chi connectivity index (χ2v) is 5.18. The number of carboxylic acids is 2. The number of amides is 1. The number of carbonyl (C=O) groups excluding carboxylic acids is 1. The molecule has 0 radical (unpaired) electrons. The van der Waals surface area contributed by atoms with Crippen molar-refractivity contribution in [3.63, 3.8) is 0 Å². The fourth-order valence-corrected chi connectivity index (χ4v) is 1.18. The fourth-order valence-electron chi connectivity index (χ4n) is 1.18. The van der Waals surface area contributed by atoms with Crippen molar-refractivity contribution < 1.29 is 24.6 Å². The third kappa shape index (κ3) is 5.62. The van der Waals surface area contributed by atoms with Gasteiger partial charge >= 0.3 is 11.9 Å². The average molecular weight is 260 g/mol. The molecular weight excluding hydrogens is 240 g/mol. The number of aliphatic carboxylic acids is 2. The van der Waals surface area contributed by atoms with Gasteiger partial charge in [0.25, 0.3) is 0 Å². The SMILES string of the molecule is CC(C)(C)C(N)C(=O)N[C@@H](CCC(=O)O)C(=O)O. The molecule has 2 atom stereocenters. The zero-order chi connectivity index (χ0) is 14.5. The van der Waals surface area contributed by atoms with Crippen LogP contribution in [-0.4, -0.2) is 40.1 Å². The summed E-state index contributed by atoms with van der Waals surface area (Å²) >= 11 is 0. The summed E-state index contributed by atoms with van der Waals surface area (Å²) in [6.07, 6.45) is -0.505. The highest BCUT2D eigenvalue weighted by atomic mass is 16.4. The lowest BCUT2D eigenvalue weighted by atomic mass is 9.87. The van der Waals surface area contributed by atoms with E-state index < -0.39 is 35.3 Å². The molecule has 18 heavy (non-hydrogen) atoms. The third-order valence-corrected chi connectivity index (χ3v) is 2.48. The van der Waals surface area contributed by atoms with Gasteiger partial charge in [-0.25, -0.2) is 4.79 Å². The first kappa shape index (κ1) is 16.4. The highest BCUT2D eigenvalue weighted by Gasteiger charge is 2.30. The molecule has 0 heterocycles. The maximum atomic E-state index is 11.7. The summed E-state index contributed by atoms with van der Waals surface area (Å²) in [7, 11) is 0. The number of carboxylic acid groups (broad SMARTS) is 2. The third-order valence-electron chi connectivity index (χ3n) is 2.48. The van der Waals surface area contributed by atoms with E-state index in [0.717, 1.165) is 0 Å². The molecule has 0 aliphatic heterocycles. The van der Waals surface area contributed by atoms with Gasteiger partial charge in [-0.3, -0.25) is 9.59 Å². The number of nitrogens with one attached hydrogen (secondary N) is 1. The van der Waals surface area contributed by atoms with Crippen molar-refractivity contribution >= 4 is 17.8 Å². The predicted molar refractivity (Wildman–Crippen MR) is 63.9 cm³/mol. The molecule has 0 saturated carbocycles. The summed E-state index contributed by atoms with van der Waals surface area (Å²) in [5.41, 5.74) is 5.18. The van der Waals surface area contributed by atoms with Crippen LogP contribution in [-0.2, 0) is 14.4 Å². The summed E-state index contributed by atoms with van der Waals surface area (Å²) in [6.45, 7) is 5.26. The molecule has 0 aliphatic carbocycles. The highest BCUT2D eigenvalue weighted by Crippen LogP contribution is 2.17. The fraction of sp³-hybridized carbons (Fsp3) is 0.727. The van der Waals surface area contributed by atoms with Gasteiger partial charge in [0.1, 0.15) is 6.04 Å². The zero-order valence-electron chi connectivity index (χ0n) is 10.8. The first-order chi connectivity index (χ1) is 8.05. The minimum absolute atomic E-state index is 0.173. The summed E-state index contributed by atoms with van der Waals surface area (Å²) in [4.78, 5) is 32.9. The van der Waals surface area contributed by atoms with E-state index in [4.69, 9.17) is 15.9 Å². The van der Waals surface area contributed by atoms with Crippen LogP contribution < -0.4 is 11.1 Å². The Kier molecular flexibility index (Phi) is 5.77. The van der Waals surface area contributed by atoms with Crippen molar-refractivity contribution in [3.05, 3.63) is 0 Å². The van der Waals surface area contributed by atoms with E-state index in [0.29, 0.717) is 0 Å². The van der Waals surface area contributed by atoms with E-state index >= 15 is 0 Å². The average Bonchev–Trinajstić information content (AvgIpc) is 2.20. The van der Waals surface area contributed by atoms with E-state index in [-0.39, 0.29) is 12.8 Å². The topological polar surface area (TPSA) is 130 Å². The lowest BCUT2D eigenvalue weighted by Crippen LogP contribution is -2.53. The van der Waals surface area contributed by atoms with Gasteiger partial charge in [0.2, 0.25) is 5.91 Å². The first-order valence-electron chi connectivity index (χ1n) is 5.56. The van der Waals surface area contributed by atoms with Gasteiger partial charge in [0.15, 0.2) is 0 Å². The number of hydrogen-bond acceptors (Lipinski definition) is 4. The van der Waals surface area contributed by atoms with Gasteiger partial charge in [-0.15, -0.1) is 0 Å². The largest absolute Gasteiger partial charge is 0.481 e. The minimum atomic E-state index is -1.27. The molecule has 0 bridgehead atoms. The van der Waals surface area contributed by atoms with Gasteiger partial charge in [0, 0.05) is 6.42 Å². The Morgan fingerprint density at radius 1 is 1.22 bits per heavy atom. The quantitative estimate of drug-likeness (QED) is 0.523. The van der Waals surface area contributed by atoms with E-state index in [2.05, 4.69) is 5.32 Å². The van der Waals surface area contributed by atoms with Crippen LogP contribution in [0.4, 0.5) is 0 Å². The van der Waals surface area contributed by atoms with Crippen LogP contribution in [0.25, 0.3) is 0 Å². The molecule has 0 fully saturated rings. The van der Waals surface area contributed by atoms with E-state index in [1.54, 1.807) is 20.8 Å². The number of rotatable bonds is 6. The van der Waals surface area contributed by atoms with Crippen molar-refractivity contribution in [2.45, 2.75) is 45.7 Å². The molecule has 1 amide bonds. The lowest BCUT2D eigenvalue weighted by Gasteiger charge is -2.27. The molecule has 7 heteroatoms. The Bertz CT molecular complexity index is 335. The van der Waals surface area contributed by atoms with Crippen LogP contribution in [0.3, 0.4) is 0 Å². The van der Waals surface area contributed by atoms with Crippen molar-refractivity contribution in [2.24, 2.45) is 11.1 Å². The van der Waals surface area contributed by atoms with Crippen molar-refractivity contribution in [2.75, 3.05) is 0 Å². The molecule has 7 nitrogen and oxygen atoms in total. The highest BCUT2D eigenvalue weighted by molar-refractivity contribution is 5.87. The summed E-state index contributed by atoms with van der Waals surface area (Å²) in [5, 5.41) is 19.6. The molecule has 0 spiro atoms. The van der Waals surface area contributed by atoms with E-state index in [1.807, 2.05) is 0 Å². The van der Waals surface area contributed by atoms with Crippen molar-refractivity contribution in [1.82, 2.24) is 5.32 Å². The second kappa shape index (κ2) is 6.34. The monoisotopic (exact) mass is 260 g/mol. The van der Waals surface area contributed by atoms with Crippen LogP contribution in [0.15, 0.2) is 0 Å². The Morgan fingerprint density at radius 3 is 2.06 bits per heavy atom. The van der Waals surface area contributed by atoms with Crippen LogP contribution >= 0.6 is 0 Å². The summed E-state index contributed by atoms with van der Waals surface area (Å²) in [5.74, 6) is -2.98. The molecule has 0 rings (SSSR count). The van der Waals surface area contributed by atoms with Crippen LogP contribution in [0.5, 0.6) is 0 Å². The van der Waals surface area contributed by atoms with Crippen LogP contribution in [0.1, 0.15) is 33.6 Å². The van der Waals surface area contributed by atoms with E-state index in [1.165, 1.54) is 0 Å². The number of hydrogen-bond donors (Lipinski definition) is 4. The second-order valence-electron chi connectivity index (χ2n) is 5.18. The maximum Gasteiger partial charge on any atom is 0.326 e. The molecule has 0 aliphatic rings. The Hall–Kier alpha value is -1.63. The molecule has 104 valence electrons. The summed E-state index contributed by atoms with van der Waals surface area (Å²) < 4.78 is 0. The van der Waals surface area contributed by atoms with Gasteiger partial charge < -0.3 is 21.3 Å². The molecule has 0 saturated heterocycles. The molecule has 0 aromatic heterocycles. The molecule has 0 aromatic rings. The molecule has 1 unspecified atom stereocenters. The Labute approximate surface area is 105 Å². The van der Waals surface area contributed by atoms with E-state index in [9.17, 15) is 14.4 Å². The molecular formula is C11H20N2O5. The summed E-state index contributed by atoms with van der Waals surface area (Å²) in [6, 6.07) is -2.09. The zero-order valence-corrected chi connectivity index (χ0v) is 10.8. The smallest absolute Gasteiger partial charge is 0.326 e.